The molecule has 1 aliphatic rings. The van der Waals surface area contributed by atoms with E-state index in [1.165, 1.54) is 42.4 Å². The lowest BCUT2D eigenvalue weighted by Crippen LogP contribution is -2.16. The number of anilines is 1. The van der Waals surface area contributed by atoms with Crippen LogP contribution in [0.25, 0.3) is 21.3 Å². The highest BCUT2D eigenvalue weighted by Gasteiger charge is 2.14. The summed E-state index contributed by atoms with van der Waals surface area (Å²) in [4.78, 5) is 9.33. The number of hydrogen-bond acceptors (Lipinski definition) is 6. The number of aromatic nitrogens is 3. The van der Waals surface area contributed by atoms with Gasteiger partial charge in [-0.3, -0.25) is 0 Å². The van der Waals surface area contributed by atoms with E-state index in [0.717, 1.165) is 40.7 Å². The Kier molecular flexibility index (Phi) is 5.68. The lowest BCUT2D eigenvalue weighted by molar-refractivity contribution is 0.355. The van der Waals surface area contributed by atoms with Crippen LogP contribution in [0.2, 0.25) is 0 Å². The number of rotatable bonds is 7. The topological polar surface area (TPSA) is 61.2 Å². The Balaban J connectivity index is 1.34. The second-order valence-corrected chi connectivity index (χ2v) is 9.31. The maximum Gasteiger partial charge on any atom is 0.183 e. The van der Waals surface area contributed by atoms with E-state index in [2.05, 4.69) is 33.1 Å². The number of imidazole rings is 1. The van der Waals surface area contributed by atoms with Gasteiger partial charge < -0.3 is 19.4 Å². The first kappa shape index (κ1) is 20.1. The number of hydrogen-bond donors (Lipinski definition) is 1. The minimum absolute atomic E-state index is 0.694. The predicted molar refractivity (Wildman–Crippen MR) is 127 cm³/mol. The first-order valence-electron chi connectivity index (χ1n) is 10.9. The van der Waals surface area contributed by atoms with Crippen molar-refractivity contribution in [2.24, 2.45) is 5.92 Å². The van der Waals surface area contributed by atoms with Crippen molar-refractivity contribution in [3.05, 3.63) is 42.2 Å². The molecular formula is C24H28N4O2S. The van der Waals surface area contributed by atoms with E-state index in [4.69, 9.17) is 14.5 Å². The third-order valence-electron chi connectivity index (χ3n) is 6.20. The van der Waals surface area contributed by atoms with E-state index in [0.29, 0.717) is 11.5 Å². The maximum absolute atomic E-state index is 5.47. The van der Waals surface area contributed by atoms with Crippen molar-refractivity contribution in [1.82, 2.24) is 14.5 Å². The van der Waals surface area contributed by atoms with E-state index in [-0.39, 0.29) is 0 Å². The maximum atomic E-state index is 5.47. The summed E-state index contributed by atoms with van der Waals surface area (Å²) in [5, 5.41) is 4.61. The smallest absolute Gasteiger partial charge is 0.183 e. The van der Waals surface area contributed by atoms with E-state index >= 15 is 0 Å². The van der Waals surface area contributed by atoms with Crippen LogP contribution in [0, 0.1) is 5.92 Å². The van der Waals surface area contributed by atoms with Crippen LogP contribution in [-0.2, 0) is 6.54 Å². The third kappa shape index (κ3) is 4.19. The Bertz CT molecular complexity index is 1190. The predicted octanol–water partition coefficient (Wildman–Crippen LogP) is 5.70. The zero-order chi connectivity index (χ0) is 21.2. The summed E-state index contributed by atoms with van der Waals surface area (Å²) in [5.74, 6) is 2.20. The number of thiazole rings is 1. The molecule has 1 saturated carbocycles. The monoisotopic (exact) mass is 436 g/mol. The molecule has 0 bridgehead atoms. The molecule has 0 atom stereocenters. The fraction of sp³-hybridized carbons (Fsp3) is 0.417. The molecule has 2 aromatic carbocycles. The molecule has 1 fully saturated rings. The molecule has 0 unspecified atom stereocenters. The SMILES string of the molecule is COc1cc2ncn(Cc3ccc4nc(NCC5CCCCC5)sc4c3)c2cc1OC. The Morgan fingerprint density at radius 1 is 1.03 bits per heavy atom. The summed E-state index contributed by atoms with van der Waals surface area (Å²) in [6.07, 6.45) is 8.70. The molecule has 0 radical (unpaired) electrons. The summed E-state index contributed by atoms with van der Waals surface area (Å²) in [6.45, 7) is 1.78. The van der Waals surface area contributed by atoms with Crippen molar-refractivity contribution in [3.63, 3.8) is 0 Å². The van der Waals surface area contributed by atoms with Crippen LogP contribution < -0.4 is 14.8 Å². The normalized spacial score (nSPS) is 14.9. The van der Waals surface area contributed by atoms with Crippen molar-refractivity contribution in [1.29, 1.82) is 0 Å². The second kappa shape index (κ2) is 8.75. The van der Waals surface area contributed by atoms with Gasteiger partial charge >= 0.3 is 0 Å². The molecule has 1 N–H and O–H groups in total. The standard InChI is InChI=1S/C24H28N4O2S/c1-29-21-11-19-20(12-22(21)30-2)28(15-26-19)14-17-8-9-18-23(10-17)31-24(27-18)25-13-16-6-4-3-5-7-16/h8-12,15-16H,3-7,13-14H2,1-2H3,(H,25,27). The van der Waals surface area contributed by atoms with Gasteiger partial charge in [0.2, 0.25) is 0 Å². The number of fused-ring (bicyclic) bond motifs is 2. The summed E-state index contributed by atoms with van der Waals surface area (Å²) in [6, 6.07) is 10.4. The average Bonchev–Trinajstić information content (AvgIpc) is 3.40. The zero-order valence-corrected chi connectivity index (χ0v) is 18.9. The molecule has 0 spiro atoms. The van der Waals surface area contributed by atoms with E-state index in [1.807, 2.05) is 18.5 Å². The summed E-state index contributed by atoms with van der Waals surface area (Å²) >= 11 is 1.74. The number of benzene rings is 2. The van der Waals surface area contributed by atoms with Crippen molar-refractivity contribution in [2.75, 3.05) is 26.1 Å². The van der Waals surface area contributed by atoms with Crippen LogP contribution in [0.3, 0.4) is 0 Å². The molecule has 1 aliphatic carbocycles. The first-order valence-corrected chi connectivity index (χ1v) is 11.8. The van der Waals surface area contributed by atoms with E-state index in [1.54, 1.807) is 25.6 Å². The number of nitrogens with zero attached hydrogens (tertiary/aromatic N) is 3. The average molecular weight is 437 g/mol. The highest BCUT2D eigenvalue weighted by molar-refractivity contribution is 7.22. The molecule has 0 saturated heterocycles. The number of methoxy groups -OCH3 is 2. The minimum Gasteiger partial charge on any atom is -0.493 e. The van der Waals surface area contributed by atoms with Gasteiger partial charge in [-0.2, -0.15) is 0 Å². The molecule has 0 aliphatic heterocycles. The molecular weight excluding hydrogens is 408 g/mol. The Labute approximate surface area is 186 Å². The Hall–Kier alpha value is -2.80. The number of nitrogens with one attached hydrogen (secondary N) is 1. The van der Waals surface area contributed by atoms with Crippen molar-refractivity contribution >= 4 is 37.7 Å². The molecule has 6 nitrogen and oxygen atoms in total. The molecule has 4 aromatic rings. The Morgan fingerprint density at radius 2 is 1.84 bits per heavy atom. The quantitative estimate of drug-likeness (QED) is 0.402. The summed E-state index contributed by atoms with van der Waals surface area (Å²) < 4.78 is 14.2. The van der Waals surface area contributed by atoms with Gasteiger partial charge in [0.05, 0.1) is 41.8 Å². The third-order valence-corrected chi connectivity index (χ3v) is 7.17. The molecule has 7 heteroatoms. The fourth-order valence-corrected chi connectivity index (χ4v) is 5.41. The van der Waals surface area contributed by atoms with Crippen LogP contribution in [0.5, 0.6) is 11.5 Å². The lowest BCUT2D eigenvalue weighted by atomic mass is 9.89. The van der Waals surface area contributed by atoms with E-state index in [9.17, 15) is 0 Å². The van der Waals surface area contributed by atoms with Gasteiger partial charge in [-0.25, -0.2) is 9.97 Å². The van der Waals surface area contributed by atoms with E-state index < -0.39 is 0 Å². The molecule has 5 rings (SSSR count). The summed E-state index contributed by atoms with van der Waals surface area (Å²) in [7, 11) is 3.30. The highest BCUT2D eigenvalue weighted by atomic mass is 32.1. The van der Waals surface area contributed by atoms with Gasteiger partial charge in [0.15, 0.2) is 16.6 Å². The Morgan fingerprint density at radius 3 is 2.65 bits per heavy atom. The van der Waals surface area contributed by atoms with Crippen molar-refractivity contribution in [2.45, 2.75) is 38.6 Å². The van der Waals surface area contributed by atoms with Gasteiger partial charge in [-0.1, -0.05) is 36.7 Å². The lowest BCUT2D eigenvalue weighted by Gasteiger charge is -2.21. The van der Waals surface area contributed by atoms with Crippen LogP contribution in [-0.4, -0.2) is 35.3 Å². The van der Waals surface area contributed by atoms with Crippen LogP contribution in [0.4, 0.5) is 5.13 Å². The first-order chi connectivity index (χ1) is 15.2. The molecule has 31 heavy (non-hydrogen) atoms. The van der Waals surface area contributed by atoms with Crippen molar-refractivity contribution < 1.29 is 9.47 Å². The highest BCUT2D eigenvalue weighted by Crippen LogP contribution is 2.33. The number of ether oxygens (including phenoxy) is 2. The van der Waals surface area contributed by atoms with Crippen LogP contribution >= 0.6 is 11.3 Å². The van der Waals surface area contributed by atoms with Gasteiger partial charge in [0.1, 0.15) is 0 Å². The van der Waals surface area contributed by atoms with Crippen molar-refractivity contribution in [3.8, 4) is 11.5 Å². The largest absolute Gasteiger partial charge is 0.493 e. The second-order valence-electron chi connectivity index (χ2n) is 8.27. The fourth-order valence-electron chi connectivity index (χ4n) is 4.47. The molecule has 2 aromatic heterocycles. The van der Waals surface area contributed by atoms with Gasteiger partial charge in [0.25, 0.3) is 0 Å². The van der Waals surface area contributed by atoms with Crippen LogP contribution in [0.1, 0.15) is 37.7 Å². The van der Waals surface area contributed by atoms with Gasteiger partial charge in [-0.15, -0.1) is 0 Å². The van der Waals surface area contributed by atoms with Crippen LogP contribution in [0.15, 0.2) is 36.7 Å². The minimum atomic E-state index is 0.694. The zero-order valence-electron chi connectivity index (χ0n) is 18.1. The molecule has 2 heterocycles. The molecule has 162 valence electrons. The van der Waals surface area contributed by atoms with Gasteiger partial charge in [-0.05, 0) is 36.5 Å². The summed E-state index contributed by atoms with van der Waals surface area (Å²) in [5.41, 5.74) is 4.20. The molecule has 0 amide bonds. The van der Waals surface area contributed by atoms with Gasteiger partial charge in [0, 0.05) is 25.2 Å².